The van der Waals surface area contributed by atoms with Crippen molar-refractivity contribution in [3.8, 4) is 6.07 Å². The fraction of sp³-hybridized carbons (Fsp3) is 0.583. The molecule has 0 aromatic carbocycles. The Balaban J connectivity index is 1.46. The number of nitrogens with zero attached hydrogens (tertiary/aromatic N) is 5. The summed E-state index contributed by atoms with van der Waals surface area (Å²) < 4.78 is 41.6. The Hall–Kier alpha value is -2.89. The highest BCUT2D eigenvalue weighted by Crippen LogP contribution is 2.40. The molecule has 0 radical (unpaired) electrons. The summed E-state index contributed by atoms with van der Waals surface area (Å²) in [4.78, 5) is 21.1. The van der Waals surface area contributed by atoms with Crippen LogP contribution in [0.4, 0.5) is 0 Å². The lowest BCUT2D eigenvalue weighted by molar-refractivity contribution is -0.145. The van der Waals surface area contributed by atoms with E-state index in [1.54, 1.807) is 7.11 Å². The molecule has 0 bridgehead atoms. The van der Waals surface area contributed by atoms with Gasteiger partial charge in [-0.2, -0.15) is 0 Å². The Labute approximate surface area is 338 Å². The van der Waals surface area contributed by atoms with Crippen LogP contribution in [0.1, 0.15) is 69.8 Å². The van der Waals surface area contributed by atoms with E-state index in [4.69, 9.17) is 43.1 Å². The van der Waals surface area contributed by atoms with Crippen molar-refractivity contribution in [2.75, 3.05) is 53.9 Å². The van der Waals surface area contributed by atoms with Gasteiger partial charge in [-0.15, -0.1) is 11.3 Å². The molecule has 19 heteroatoms. The molecule has 3 heterocycles. The molecule has 2 atom stereocenters. The van der Waals surface area contributed by atoms with E-state index in [1.165, 1.54) is 44.8 Å². The maximum atomic E-state index is 12.4. The summed E-state index contributed by atoms with van der Waals surface area (Å²) in [6.45, 7) is 9.17. The van der Waals surface area contributed by atoms with Crippen LogP contribution < -0.4 is 14.0 Å². The number of rotatable bonds is 26. The fourth-order valence-electron chi connectivity index (χ4n) is 5.62. The van der Waals surface area contributed by atoms with Gasteiger partial charge in [0.15, 0.2) is 0 Å². The van der Waals surface area contributed by atoms with Crippen LogP contribution in [-0.4, -0.2) is 87.9 Å². The largest absolute Gasteiger partial charge is 0.671 e. The minimum atomic E-state index is -3.43. The Bertz CT molecular complexity index is 1680. The third-order valence-corrected chi connectivity index (χ3v) is 18.8. The molecule has 1 N–H and O–H groups in total. The Morgan fingerprint density at radius 3 is 2.49 bits per heavy atom. The second kappa shape index (κ2) is 26.1. The first kappa shape index (κ1) is 46.5. The van der Waals surface area contributed by atoms with Gasteiger partial charge in [0, 0.05) is 82.0 Å². The Kier molecular flexibility index (Phi) is 22.1. The number of esters is 1. The monoisotopic (exact) mass is 849 g/mol. The fourth-order valence-corrected chi connectivity index (χ4v) is 15.2. The summed E-state index contributed by atoms with van der Waals surface area (Å²) in [6.07, 6.45) is 21.0. The van der Waals surface area contributed by atoms with Crippen LogP contribution in [0.5, 0.6) is 0 Å². The van der Waals surface area contributed by atoms with E-state index in [9.17, 15) is 10.1 Å². The van der Waals surface area contributed by atoms with E-state index < -0.39 is 17.9 Å². The van der Waals surface area contributed by atoms with E-state index in [0.717, 1.165) is 61.6 Å². The van der Waals surface area contributed by atoms with Crippen molar-refractivity contribution in [1.29, 1.82) is 10.8 Å². The quantitative estimate of drug-likeness (QED) is 0.0203. The number of carbonyl (C=O) groups excluding carboxylic acids is 1. The van der Waals surface area contributed by atoms with Gasteiger partial charge in [0.1, 0.15) is 23.8 Å². The van der Waals surface area contributed by atoms with E-state index in [2.05, 4.69) is 19.8 Å². The van der Waals surface area contributed by atoms with E-state index in [0.29, 0.717) is 47.4 Å². The van der Waals surface area contributed by atoms with Crippen LogP contribution in [-0.2, 0) is 42.4 Å². The summed E-state index contributed by atoms with van der Waals surface area (Å²) in [7, 11) is 3.16. The summed E-state index contributed by atoms with van der Waals surface area (Å²) in [5, 5.41) is 14.0. The second-order valence-corrected chi connectivity index (χ2v) is 21.9. The maximum absolute atomic E-state index is 12.4. The van der Waals surface area contributed by atoms with Crippen LogP contribution in [0, 0.1) is 23.4 Å². The van der Waals surface area contributed by atoms with Gasteiger partial charge in [-0.3, -0.25) is 4.79 Å². The van der Waals surface area contributed by atoms with Crippen LogP contribution in [0.15, 0.2) is 47.4 Å². The number of hydrogen-bond donors (Lipinski definition) is 1. The van der Waals surface area contributed by atoms with Crippen LogP contribution in [0.2, 0.25) is 6.04 Å². The third kappa shape index (κ3) is 16.2. The van der Waals surface area contributed by atoms with Gasteiger partial charge in [0.05, 0.1) is 17.2 Å². The maximum Gasteiger partial charge on any atom is 0.671 e. The number of allylic oxidation sites excluding steroid dienone is 4. The lowest BCUT2D eigenvalue weighted by Crippen LogP contribution is -2.59. The second-order valence-electron chi connectivity index (χ2n) is 12.4. The normalized spacial score (nSPS) is 17.3. The minimum Gasteiger partial charge on any atom is -0.461 e. The Morgan fingerprint density at radius 2 is 1.84 bits per heavy atom. The predicted octanol–water partition coefficient (Wildman–Crippen LogP) is 6.60. The van der Waals surface area contributed by atoms with Crippen LogP contribution in [0.3, 0.4) is 0 Å². The molecule has 2 aliphatic rings. The van der Waals surface area contributed by atoms with Gasteiger partial charge in [0.2, 0.25) is 4.91 Å². The number of nitrogens with one attached hydrogen (secondary N) is 1. The van der Waals surface area contributed by atoms with Gasteiger partial charge in [-0.25, -0.2) is 10.1 Å². The summed E-state index contributed by atoms with van der Waals surface area (Å²) in [5.74, 6) is 0.956. The average Bonchev–Trinajstić information content (AvgIpc) is 3.89. The van der Waals surface area contributed by atoms with Crippen molar-refractivity contribution < 1.29 is 35.8 Å². The van der Waals surface area contributed by atoms with Crippen molar-refractivity contribution in [2.45, 2.75) is 82.1 Å². The van der Waals surface area contributed by atoms with Gasteiger partial charge >= 0.3 is 23.8 Å². The van der Waals surface area contributed by atoms with Gasteiger partial charge < -0.3 is 35.9 Å². The topological polar surface area (TPSA) is 163 Å². The van der Waals surface area contributed by atoms with Crippen molar-refractivity contribution >= 4 is 68.5 Å². The molecule has 1 aromatic heterocycles. The van der Waals surface area contributed by atoms with Gasteiger partial charge in [-0.05, 0) is 74.0 Å². The van der Waals surface area contributed by atoms with Gasteiger partial charge in [-0.1, -0.05) is 46.9 Å². The van der Waals surface area contributed by atoms with E-state index >= 15 is 0 Å². The zero-order valence-electron chi connectivity index (χ0n) is 32.2. The van der Waals surface area contributed by atoms with Crippen molar-refractivity contribution in [1.82, 2.24) is 9.81 Å². The number of hydrogen-bond acceptors (Lipinski definition) is 15. The zero-order chi connectivity index (χ0) is 39.8. The van der Waals surface area contributed by atoms with Crippen molar-refractivity contribution in [3.05, 3.63) is 68.3 Å². The summed E-state index contributed by atoms with van der Waals surface area (Å²) in [6, 6.07) is 4.33. The molecule has 3 rings (SSSR count). The third-order valence-electron chi connectivity index (χ3n) is 8.68. The molecule has 0 spiro atoms. The molecule has 0 saturated carbocycles. The summed E-state index contributed by atoms with van der Waals surface area (Å²) in [5.41, 5.74) is 8.57. The Morgan fingerprint density at radius 1 is 1.07 bits per heavy atom. The highest BCUT2D eigenvalue weighted by molar-refractivity contribution is 8.77. The van der Waals surface area contributed by atoms with Crippen LogP contribution in [0.25, 0.3) is 16.6 Å². The highest BCUT2D eigenvalue weighted by Gasteiger charge is 2.54. The number of carbonyl (C=O) groups is 1. The molecular weight excluding hydrogens is 797 g/mol. The molecule has 14 nitrogen and oxygen atoms in total. The van der Waals surface area contributed by atoms with Crippen LogP contribution >= 0.6 is 32.9 Å². The molecule has 1 saturated heterocycles. The van der Waals surface area contributed by atoms with Crippen molar-refractivity contribution in [2.24, 2.45) is 5.11 Å². The number of thiophene rings is 1. The minimum absolute atomic E-state index is 0.000536. The molecule has 300 valence electrons. The molecule has 0 amide bonds. The zero-order valence-corrected chi connectivity index (χ0v) is 36.6. The summed E-state index contributed by atoms with van der Waals surface area (Å²) >= 11 is 1.35. The van der Waals surface area contributed by atoms with Gasteiger partial charge in [0.25, 0.3) is 5.70 Å². The molecule has 2 aliphatic heterocycles. The molecular formula is C36H53N6O8S3Si2+. The van der Waals surface area contributed by atoms with E-state index in [1.807, 2.05) is 70.4 Å². The number of ether oxygens (including phenoxy) is 1. The standard InChI is InChI=1S/C36H53N6O8S3Si2/c1-39-34(28-37)36-31(29-48-35(43)14-9-8-13-32-19-25-51-53-32)27-33(52-36)16-15-30-17-22-42(23-18-30)21-10-6-7-11-24-49-54(44-2,26-12-20-40-41-38)50-55(45-3,46-4)47-5/h15-18,22-23,27,32,38H,6-14,19-21,24-26,29H2,2-5H3/q+1/b33-16-,36-34+. The number of nitriles is 1. The average molecular weight is 850 g/mol. The lowest BCUT2D eigenvalue weighted by Gasteiger charge is -2.34. The molecule has 0 aliphatic carbocycles. The first-order valence-corrected chi connectivity index (χ1v) is 25.0. The first-order chi connectivity index (χ1) is 26.8. The highest BCUT2D eigenvalue weighted by atomic mass is 33.1. The molecule has 2 unspecified atom stereocenters. The molecule has 1 fully saturated rings. The predicted molar refractivity (Wildman–Crippen MR) is 220 cm³/mol. The number of unbranched alkanes of at least 4 members (excludes halogenated alkanes) is 4. The van der Waals surface area contributed by atoms with Crippen molar-refractivity contribution in [3.63, 3.8) is 0 Å². The smallest absolute Gasteiger partial charge is 0.461 e. The molecule has 1 aromatic rings. The molecule has 55 heavy (non-hydrogen) atoms. The SMILES string of the molecule is [C-]#[N+]/C(C#N)=c1/s/c(=C\C=C2C=CN(CCCCCCO[Si](CCCN=[N+]=N)(OC)O[Si](OC)(OC)OC)C=C2)cc1COC(=O)CCCCC1CCSS1. The lowest BCUT2D eigenvalue weighted by atomic mass is 10.1. The van der Waals surface area contributed by atoms with E-state index in [-0.39, 0.29) is 18.3 Å². The first-order valence-electron chi connectivity index (χ1n) is 18.2.